The van der Waals surface area contributed by atoms with Gasteiger partial charge in [-0.15, -0.1) is 11.3 Å². The molecule has 3 rings (SSSR count). The fourth-order valence-corrected chi connectivity index (χ4v) is 4.20. The zero-order chi connectivity index (χ0) is 16.0. The van der Waals surface area contributed by atoms with Gasteiger partial charge in [-0.25, -0.2) is 0 Å². The number of aromatic hydroxyl groups is 2. The Morgan fingerprint density at radius 1 is 1.25 bits per heavy atom. The van der Waals surface area contributed by atoms with E-state index in [1.54, 1.807) is 4.90 Å². The van der Waals surface area contributed by atoms with Crippen molar-refractivity contribution in [1.29, 1.82) is 0 Å². The number of phenols is 2. The molecule has 2 atom stereocenters. The van der Waals surface area contributed by atoms with Crippen molar-refractivity contribution in [1.82, 2.24) is 4.90 Å². The quantitative estimate of drug-likeness (QED) is 0.257. The van der Waals surface area contributed by atoms with E-state index < -0.39 is 0 Å². The van der Waals surface area contributed by atoms with E-state index in [0.717, 1.165) is 0 Å². The van der Waals surface area contributed by atoms with Crippen LogP contribution in [0.4, 0.5) is 0 Å². The first-order chi connectivity index (χ1) is 10.4. The predicted octanol–water partition coefficient (Wildman–Crippen LogP) is -2.78. The van der Waals surface area contributed by atoms with E-state index in [4.69, 9.17) is 16.3 Å². The van der Waals surface area contributed by atoms with Gasteiger partial charge in [0.2, 0.25) is 0 Å². The molecule has 0 radical (unpaired) electrons. The summed E-state index contributed by atoms with van der Waals surface area (Å²) in [4.78, 5) is 14.9. The van der Waals surface area contributed by atoms with E-state index in [9.17, 15) is 15.0 Å². The van der Waals surface area contributed by atoms with Gasteiger partial charge in [0.05, 0.1) is 17.2 Å². The van der Waals surface area contributed by atoms with Crippen LogP contribution >= 0.6 is 22.9 Å². The molecule has 1 aliphatic heterocycles. The Hall–Kier alpha value is 0.230. The number of ether oxygens (including phenoxy) is 1. The maximum atomic E-state index is 12.7. The molecule has 1 saturated heterocycles. The van der Waals surface area contributed by atoms with E-state index in [2.05, 4.69) is 0 Å². The maximum absolute atomic E-state index is 12.7. The summed E-state index contributed by atoms with van der Waals surface area (Å²) < 4.78 is 6.30. The van der Waals surface area contributed by atoms with E-state index in [-0.39, 0.29) is 83.1 Å². The number of phenolic OH excluding ortho intramolecular Hbond substituents is 2. The van der Waals surface area contributed by atoms with Crippen LogP contribution in [0.25, 0.3) is 10.1 Å². The molecule has 0 saturated carbocycles. The minimum atomic E-state index is -0.250. The Morgan fingerprint density at radius 2 is 1.79 bits per heavy atom. The van der Waals surface area contributed by atoms with Crippen LogP contribution in [0.15, 0.2) is 12.1 Å². The summed E-state index contributed by atoms with van der Waals surface area (Å²) in [6.45, 7) is 4.89. The predicted molar refractivity (Wildman–Crippen MR) is 86.1 cm³/mol. The number of thiophene rings is 1. The Morgan fingerprint density at radius 3 is 2.38 bits per heavy atom. The number of nitrogens with zero attached hydrogens (tertiary/aromatic N) is 1. The van der Waals surface area contributed by atoms with Crippen LogP contribution in [-0.2, 0) is 4.74 Å². The molecular weight excluding hydrogens is 476 g/mol. The van der Waals surface area contributed by atoms with E-state index in [1.807, 2.05) is 13.8 Å². The third-order valence-electron chi connectivity index (χ3n) is 3.63. The Kier molecular flexibility index (Phi) is 8.12. The molecule has 0 aliphatic carbocycles. The number of halogens is 2. The first kappa shape index (κ1) is 22.3. The normalized spacial score (nSPS) is 20.4. The van der Waals surface area contributed by atoms with E-state index in [0.29, 0.717) is 33.1 Å². The average Bonchev–Trinajstić information content (AvgIpc) is 2.75. The standard InChI is InChI=1S/C15H16ClNO4S.HI.Na/c1-7-5-17(6-8(2)21-7)15(20)14-13(16)9-3-10(18)11(19)4-12(9)22-14;;/h3-4,7-8,18-19H,5-6H2,1-2H3;1H;/q;;+1/p-1. The molecule has 0 spiro atoms. The summed E-state index contributed by atoms with van der Waals surface area (Å²) in [6.07, 6.45) is -0.0390. The fraction of sp³-hybridized carbons (Fsp3) is 0.400. The molecule has 9 heteroatoms. The van der Waals surface area contributed by atoms with Gasteiger partial charge in [-0.2, -0.15) is 0 Å². The zero-order valence-corrected chi connectivity index (χ0v) is 19.3. The number of amides is 1. The molecular formula is C15H16ClINNaO4S. The van der Waals surface area contributed by atoms with Gasteiger partial charge in [0.1, 0.15) is 4.88 Å². The van der Waals surface area contributed by atoms with Crippen LogP contribution in [0.2, 0.25) is 5.02 Å². The van der Waals surface area contributed by atoms with Gasteiger partial charge in [-0.05, 0) is 19.9 Å². The van der Waals surface area contributed by atoms with Crippen molar-refractivity contribution in [2.24, 2.45) is 0 Å². The van der Waals surface area contributed by atoms with Crippen molar-refractivity contribution in [2.45, 2.75) is 26.1 Å². The molecule has 5 nitrogen and oxygen atoms in total. The van der Waals surface area contributed by atoms with Crippen LogP contribution in [0.3, 0.4) is 0 Å². The second kappa shape index (κ2) is 8.75. The summed E-state index contributed by atoms with van der Waals surface area (Å²) in [7, 11) is 0. The molecule has 1 amide bonds. The molecule has 1 fully saturated rings. The third kappa shape index (κ3) is 4.31. The molecule has 126 valence electrons. The molecule has 24 heavy (non-hydrogen) atoms. The van der Waals surface area contributed by atoms with Gasteiger partial charge in [0.25, 0.3) is 5.91 Å². The topological polar surface area (TPSA) is 70.0 Å². The summed E-state index contributed by atoms with van der Waals surface area (Å²) in [5.41, 5.74) is 0. The zero-order valence-electron chi connectivity index (χ0n) is 13.5. The van der Waals surface area contributed by atoms with Gasteiger partial charge in [0.15, 0.2) is 11.5 Å². The first-order valence-electron chi connectivity index (χ1n) is 6.95. The number of carbonyl (C=O) groups excluding carboxylic acids is 1. The fourth-order valence-electron chi connectivity index (χ4n) is 2.72. The van der Waals surface area contributed by atoms with Crippen LogP contribution in [0.1, 0.15) is 23.5 Å². The van der Waals surface area contributed by atoms with Crippen molar-refractivity contribution < 1.29 is 73.3 Å². The number of benzene rings is 1. The van der Waals surface area contributed by atoms with E-state index >= 15 is 0 Å². The Bertz CT molecular complexity index is 747. The SMILES string of the molecule is CC1CN(C(=O)c2sc3cc(O)c(O)cc3c2Cl)CC(C)O1.[I-].[Na+]. The summed E-state index contributed by atoms with van der Waals surface area (Å²) in [5.74, 6) is -0.620. The number of hydrogen-bond donors (Lipinski definition) is 2. The molecule has 2 N–H and O–H groups in total. The van der Waals surface area contributed by atoms with Crippen molar-refractivity contribution in [3.8, 4) is 11.5 Å². The van der Waals surface area contributed by atoms with Gasteiger partial charge in [-0.3, -0.25) is 4.79 Å². The van der Waals surface area contributed by atoms with Crippen LogP contribution in [0.5, 0.6) is 11.5 Å². The van der Waals surface area contributed by atoms with Gasteiger partial charge >= 0.3 is 29.6 Å². The molecule has 1 aliphatic rings. The summed E-state index contributed by atoms with van der Waals surface area (Å²) in [6, 6.07) is 2.80. The van der Waals surface area contributed by atoms with Crippen molar-refractivity contribution in [3.63, 3.8) is 0 Å². The first-order valence-corrected chi connectivity index (χ1v) is 8.15. The maximum Gasteiger partial charge on any atom is 1.00 e. The number of morpholine rings is 1. The molecule has 2 unspecified atom stereocenters. The van der Waals surface area contributed by atoms with Crippen LogP contribution in [0, 0.1) is 0 Å². The molecule has 2 heterocycles. The van der Waals surface area contributed by atoms with E-state index in [1.165, 1.54) is 23.5 Å². The second-order valence-corrected chi connectivity index (χ2v) is 6.98. The van der Waals surface area contributed by atoms with Crippen molar-refractivity contribution in [3.05, 3.63) is 22.0 Å². The van der Waals surface area contributed by atoms with Crippen LogP contribution in [-0.4, -0.2) is 46.3 Å². The van der Waals surface area contributed by atoms with Gasteiger partial charge in [-0.1, -0.05) is 11.6 Å². The van der Waals surface area contributed by atoms with Gasteiger partial charge in [0, 0.05) is 29.2 Å². The molecule has 2 aromatic rings. The molecule has 0 bridgehead atoms. The molecule has 1 aromatic heterocycles. The Labute approximate surface area is 188 Å². The minimum absolute atomic E-state index is 0. The molecule has 1 aromatic carbocycles. The summed E-state index contributed by atoms with van der Waals surface area (Å²) in [5, 5.41) is 20.0. The van der Waals surface area contributed by atoms with Crippen LogP contribution < -0.4 is 53.5 Å². The second-order valence-electron chi connectivity index (χ2n) is 5.55. The number of fused-ring (bicyclic) bond motifs is 1. The van der Waals surface area contributed by atoms with Crippen molar-refractivity contribution in [2.75, 3.05) is 13.1 Å². The smallest absolute Gasteiger partial charge is 1.00 e. The minimum Gasteiger partial charge on any atom is -1.00 e. The number of hydrogen-bond acceptors (Lipinski definition) is 5. The third-order valence-corrected chi connectivity index (χ3v) is 5.27. The monoisotopic (exact) mass is 491 g/mol. The van der Waals surface area contributed by atoms with Gasteiger partial charge < -0.3 is 43.8 Å². The Balaban J connectivity index is 0.00000144. The average molecular weight is 492 g/mol. The van der Waals surface area contributed by atoms with Crippen molar-refractivity contribution >= 4 is 38.9 Å². The largest absolute Gasteiger partial charge is 1.00 e. The summed E-state index contributed by atoms with van der Waals surface area (Å²) >= 11 is 7.52. The number of rotatable bonds is 1. The number of carbonyl (C=O) groups is 1.